The van der Waals surface area contributed by atoms with Crippen molar-refractivity contribution in [2.45, 2.75) is 62.2 Å². The summed E-state index contributed by atoms with van der Waals surface area (Å²) in [7, 11) is 0. The van der Waals surface area contributed by atoms with Gasteiger partial charge in [0, 0.05) is 6.54 Å². The third-order valence-corrected chi connectivity index (χ3v) is 3.33. The standard InChI is InChI=1S/C13H10F17NO3/c1-4(2)3-31-5(32)6(14,9(18,19)20)33-13(29,30)8(17,11(24,25)26)34-12(27,28)7(15,16)10(21,22)23/h4H,3H2,1-2H3,(H,31,32)/t6-,8+/m0/s1. The average Bonchev–Trinajstić information content (AvgIpc) is 2.55. The summed E-state index contributed by atoms with van der Waals surface area (Å²) >= 11 is 0. The highest BCUT2D eigenvalue weighted by atomic mass is 19.4. The lowest BCUT2D eigenvalue weighted by Crippen LogP contribution is -2.68. The molecule has 0 fully saturated rings. The van der Waals surface area contributed by atoms with E-state index in [-0.39, 0.29) is 0 Å². The average molecular weight is 551 g/mol. The fraction of sp³-hybridized carbons (Fsp3) is 0.923. The Bertz CT molecular complexity index is 728. The summed E-state index contributed by atoms with van der Waals surface area (Å²) in [6, 6.07) is 0. The molecule has 21 heteroatoms. The van der Waals surface area contributed by atoms with Gasteiger partial charge in [0.2, 0.25) is 0 Å². The molecule has 0 aromatic heterocycles. The molecule has 0 radical (unpaired) electrons. The zero-order valence-electron chi connectivity index (χ0n) is 15.9. The molecule has 0 aromatic rings. The second-order valence-corrected chi connectivity index (χ2v) is 6.60. The first-order valence-corrected chi connectivity index (χ1v) is 7.90. The highest BCUT2D eigenvalue weighted by Crippen LogP contribution is 2.56. The molecular weight excluding hydrogens is 541 g/mol. The molecule has 204 valence electrons. The maximum atomic E-state index is 14.1. The van der Waals surface area contributed by atoms with Crippen molar-refractivity contribution < 1.29 is 88.9 Å². The lowest BCUT2D eigenvalue weighted by molar-refractivity contribution is -0.548. The van der Waals surface area contributed by atoms with Gasteiger partial charge in [-0.05, 0) is 5.92 Å². The summed E-state index contributed by atoms with van der Waals surface area (Å²) in [4.78, 5) is 11.3. The minimum atomic E-state index is -8.01. The molecule has 0 saturated carbocycles. The molecule has 0 rings (SSSR count). The van der Waals surface area contributed by atoms with Crippen LogP contribution in [0.5, 0.6) is 0 Å². The van der Waals surface area contributed by atoms with Crippen LogP contribution in [0.3, 0.4) is 0 Å². The molecule has 0 aliphatic carbocycles. The van der Waals surface area contributed by atoms with E-state index in [1.807, 2.05) is 4.74 Å². The monoisotopic (exact) mass is 551 g/mol. The van der Waals surface area contributed by atoms with Crippen molar-refractivity contribution in [1.29, 1.82) is 0 Å². The van der Waals surface area contributed by atoms with Crippen molar-refractivity contribution in [3.8, 4) is 0 Å². The van der Waals surface area contributed by atoms with Crippen molar-refractivity contribution in [3.05, 3.63) is 0 Å². The Labute approximate surface area is 176 Å². The van der Waals surface area contributed by atoms with E-state index >= 15 is 0 Å². The van der Waals surface area contributed by atoms with Crippen LogP contribution in [0.1, 0.15) is 13.8 Å². The van der Waals surface area contributed by atoms with Crippen LogP contribution in [0.15, 0.2) is 0 Å². The Kier molecular flexibility index (Phi) is 8.53. The van der Waals surface area contributed by atoms with Crippen molar-refractivity contribution in [2.75, 3.05) is 6.54 Å². The van der Waals surface area contributed by atoms with Crippen molar-refractivity contribution >= 4 is 5.91 Å². The minimum absolute atomic E-state index is 0.881. The fourth-order valence-corrected chi connectivity index (χ4v) is 1.57. The van der Waals surface area contributed by atoms with Crippen LogP contribution in [-0.4, -0.2) is 60.8 Å². The van der Waals surface area contributed by atoms with Gasteiger partial charge in [-0.3, -0.25) is 14.3 Å². The number of amides is 1. The molecule has 2 atom stereocenters. The molecular formula is C13H10F17NO3. The molecule has 34 heavy (non-hydrogen) atoms. The molecule has 0 aromatic carbocycles. The molecule has 0 saturated heterocycles. The van der Waals surface area contributed by atoms with Crippen LogP contribution in [0.2, 0.25) is 0 Å². The van der Waals surface area contributed by atoms with Crippen LogP contribution >= 0.6 is 0 Å². The number of carbonyl (C=O) groups is 1. The first kappa shape index (κ1) is 32.2. The van der Waals surface area contributed by atoms with Crippen LogP contribution in [0, 0.1) is 5.92 Å². The summed E-state index contributed by atoms with van der Waals surface area (Å²) in [6.07, 6.45) is -38.4. The van der Waals surface area contributed by atoms with Gasteiger partial charge in [-0.25, -0.2) is 0 Å². The zero-order chi connectivity index (χ0) is 28.0. The number of halogens is 17. The van der Waals surface area contributed by atoms with E-state index < -0.39 is 66.7 Å². The van der Waals surface area contributed by atoms with Crippen LogP contribution in [-0.2, 0) is 14.3 Å². The lowest BCUT2D eigenvalue weighted by Gasteiger charge is -2.40. The molecule has 0 heterocycles. The predicted molar refractivity (Wildman–Crippen MR) is 70.7 cm³/mol. The van der Waals surface area contributed by atoms with E-state index in [4.69, 9.17) is 0 Å². The van der Waals surface area contributed by atoms with Gasteiger partial charge in [0.05, 0.1) is 0 Å². The Hall–Kier alpha value is -1.80. The highest BCUT2D eigenvalue weighted by molar-refractivity contribution is 5.84. The van der Waals surface area contributed by atoms with E-state index in [9.17, 15) is 79.4 Å². The maximum Gasteiger partial charge on any atom is 0.462 e. The second kappa shape index (κ2) is 9.01. The molecule has 1 N–H and O–H groups in total. The smallest absolute Gasteiger partial charge is 0.351 e. The zero-order valence-corrected chi connectivity index (χ0v) is 15.9. The number of alkyl halides is 17. The fourth-order valence-electron chi connectivity index (χ4n) is 1.57. The van der Waals surface area contributed by atoms with Crippen LogP contribution in [0.25, 0.3) is 0 Å². The van der Waals surface area contributed by atoms with E-state index in [1.54, 1.807) is 0 Å². The summed E-state index contributed by atoms with van der Waals surface area (Å²) < 4.78 is 223. The van der Waals surface area contributed by atoms with Crippen molar-refractivity contribution in [2.24, 2.45) is 5.92 Å². The van der Waals surface area contributed by atoms with Crippen molar-refractivity contribution in [1.82, 2.24) is 5.32 Å². The lowest BCUT2D eigenvalue weighted by atomic mass is 10.2. The van der Waals surface area contributed by atoms with Gasteiger partial charge in [-0.1, -0.05) is 13.8 Å². The van der Waals surface area contributed by atoms with Crippen LogP contribution < -0.4 is 5.32 Å². The third kappa shape index (κ3) is 5.88. The molecule has 0 aliphatic heterocycles. The summed E-state index contributed by atoms with van der Waals surface area (Å²) in [5.74, 6) is -26.9. The minimum Gasteiger partial charge on any atom is -0.351 e. The Morgan fingerprint density at radius 1 is 0.647 bits per heavy atom. The SMILES string of the molecule is CC(C)CNC(=O)[C@](F)(OC(F)(F)[C@](F)(OC(F)(F)C(F)(F)C(F)(F)F)C(F)(F)F)C(F)(F)F. The quantitative estimate of drug-likeness (QED) is 0.378. The highest BCUT2D eigenvalue weighted by Gasteiger charge is 2.85. The third-order valence-electron chi connectivity index (χ3n) is 3.33. The number of carbonyl (C=O) groups excluding carboxylic acids is 1. The summed E-state index contributed by atoms with van der Waals surface area (Å²) in [6.45, 7) is 1.16. The summed E-state index contributed by atoms with van der Waals surface area (Å²) in [5, 5.41) is 0.881. The number of rotatable bonds is 9. The predicted octanol–water partition coefficient (Wildman–Crippen LogP) is 5.63. The largest absolute Gasteiger partial charge is 0.462 e. The van der Waals surface area contributed by atoms with Gasteiger partial charge in [-0.2, -0.15) is 74.6 Å². The van der Waals surface area contributed by atoms with Gasteiger partial charge in [0.15, 0.2) is 0 Å². The Balaban J connectivity index is 6.67. The number of hydrogen-bond donors (Lipinski definition) is 1. The topological polar surface area (TPSA) is 47.6 Å². The van der Waals surface area contributed by atoms with Gasteiger partial charge >= 0.3 is 48.4 Å². The first-order chi connectivity index (χ1) is 14.5. The molecule has 0 unspecified atom stereocenters. The van der Waals surface area contributed by atoms with Gasteiger partial charge in [0.1, 0.15) is 0 Å². The van der Waals surface area contributed by atoms with Crippen LogP contribution in [0.4, 0.5) is 74.6 Å². The number of ether oxygens (including phenoxy) is 2. The molecule has 0 aliphatic rings. The molecule has 0 spiro atoms. The second-order valence-electron chi connectivity index (χ2n) is 6.60. The Morgan fingerprint density at radius 2 is 1.06 bits per heavy atom. The van der Waals surface area contributed by atoms with E-state index in [1.165, 1.54) is 4.74 Å². The molecule has 0 bridgehead atoms. The van der Waals surface area contributed by atoms with Gasteiger partial charge < -0.3 is 5.32 Å². The molecule has 4 nitrogen and oxygen atoms in total. The first-order valence-electron chi connectivity index (χ1n) is 7.90. The number of nitrogens with one attached hydrogen (secondary N) is 1. The van der Waals surface area contributed by atoms with Gasteiger partial charge in [-0.15, -0.1) is 0 Å². The van der Waals surface area contributed by atoms with E-state index in [0.29, 0.717) is 0 Å². The maximum absolute atomic E-state index is 14.1. The summed E-state index contributed by atoms with van der Waals surface area (Å²) in [5.41, 5.74) is 0. The molecule has 1 amide bonds. The normalized spacial score (nSPS) is 18.5. The van der Waals surface area contributed by atoms with Gasteiger partial charge in [0.25, 0.3) is 5.91 Å². The van der Waals surface area contributed by atoms with E-state index in [0.717, 1.165) is 19.2 Å². The van der Waals surface area contributed by atoms with Crippen molar-refractivity contribution in [3.63, 3.8) is 0 Å². The number of hydrogen-bond acceptors (Lipinski definition) is 3. The Morgan fingerprint density at radius 3 is 1.35 bits per heavy atom. The van der Waals surface area contributed by atoms with E-state index in [2.05, 4.69) is 0 Å².